The Morgan fingerprint density at radius 3 is 2.68 bits per heavy atom. The van der Waals surface area contributed by atoms with Crippen LogP contribution < -0.4 is 5.32 Å². The highest BCUT2D eigenvalue weighted by atomic mass is 32.1. The van der Waals surface area contributed by atoms with Gasteiger partial charge in [0.05, 0.1) is 5.56 Å². The Balaban J connectivity index is 2.19. The zero-order valence-corrected chi connectivity index (χ0v) is 17.2. The molecule has 2 atom stereocenters. The fourth-order valence-electron chi connectivity index (χ4n) is 3.72. The SMILES string of the molecule is CCCC[C@H](CC)C(=O)Nc1sc2c(c1C#N)CC[C@H](C(C)(C)C)C2. The average Bonchev–Trinajstić information content (AvgIpc) is 2.90. The van der Waals surface area contributed by atoms with Crippen molar-refractivity contribution < 1.29 is 4.79 Å². The molecular formula is C21H32N2OS. The van der Waals surface area contributed by atoms with E-state index in [1.165, 1.54) is 10.4 Å². The summed E-state index contributed by atoms with van der Waals surface area (Å²) in [6.07, 6.45) is 7.08. The van der Waals surface area contributed by atoms with E-state index >= 15 is 0 Å². The molecule has 2 rings (SSSR count). The number of unbranched alkanes of at least 4 members (excludes halogenated alkanes) is 1. The molecular weight excluding hydrogens is 328 g/mol. The van der Waals surface area contributed by atoms with Gasteiger partial charge in [0.15, 0.2) is 0 Å². The molecule has 0 bridgehead atoms. The molecule has 1 aliphatic rings. The van der Waals surface area contributed by atoms with Crippen LogP contribution in [0.1, 0.15) is 82.7 Å². The van der Waals surface area contributed by atoms with Gasteiger partial charge in [-0.05, 0) is 49.0 Å². The lowest BCUT2D eigenvalue weighted by molar-refractivity contribution is -0.120. The molecule has 1 aromatic rings. The van der Waals surface area contributed by atoms with Crippen LogP contribution >= 0.6 is 11.3 Å². The molecule has 4 heteroatoms. The summed E-state index contributed by atoms with van der Waals surface area (Å²) < 4.78 is 0. The number of hydrogen-bond donors (Lipinski definition) is 1. The number of carbonyl (C=O) groups excluding carboxylic acids is 1. The smallest absolute Gasteiger partial charge is 0.228 e. The third-order valence-electron chi connectivity index (χ3n) is 5.61. The van der Waals surface area contributed by atoms with Crippen LogP contribution in [-0.4, -0.2) is 5.91 Å². The molecule has 3 nitrogen and oxygen atoms in total. The molecule has 1 aliphatic carbocycles. The minimum Gasteiger partial charge on any atom is -0.316 e. The number of fused-ring (bicyclic) bond motifs is 1. The van der Waals surface area contributed by atoms with E-state index in [4.69, 9.17) is 0 Å². The topological polar surface area (TPSA) is 52.9 Å². The molecule has 1 heterocycles. The average molecular weight is 361 g/mol. The van der Waals surface area contributed by atoms with Crippen molar-refractivity contribution in [3.63, 3.8) is 0 Å². The molecule has 1 N–H and O–H groups in total. The van der Waals surface area contributed by atoms with Crippen LogP contribution in [-0.2, 0) is 17.6 Å². The molecule has 138 valence electrons. The molecule has 25 heavy (non-hydrogen) atoms. The van der Waals surface area contributed by atoms with Crippen LogP contribution in [0.25, 0.3) is 0 Å². The van der Waals surface area contributed by atoms with Gasteiger partial charge in [-0.1, -0.05) is 47.5 Å². The van der Waals surface area contributed by atoms with Gasteiger partial charge in [-0.2, -0.15) is 5.26 Å². The van der Waals surface area contributed by atoms with Crippen molar-refractivity contribution in [2.45, 2.75) is 79.6 Å². The van der Waals surface area contributed by atoms with Gasteiger partial charge in [0.2, 0.25) is 5.91 Å². The Bertz CT molecular complexity index is 648. The molecule has 1 amide bonds. The number of thiophene rings is 1. The van der Waals surface area contributed by atoms with Crippen molar-refractivity contribution in [3.8, 4) is 6.07 Å². The fourth-order valence-corrected chi connectivity index (χ4v) is 5.00. The Labute approximate surface area is 156 Å². The third-order valence-corrected chi connectivity index (χ3v) is 6.78. The standard InChI is InChI=1S/C21H32N2OS/c1-6-8-9-14(7-2)19(24)23-20-17(13-22)16-11-10-15(21(3,4)5)12-18(16)25-20/h14-15H,6-12H2,1-5H3,(H,23,24)/t14-,15-/m0/s1. The van der Waals surface area contributed by atoms with E-state index in [9.17, 15) is 10.1 Å². The molecule has 0 aromatic carbocycles. The Hall–Kier alpha value is -1.34. The summed E-state index contributed by atoms with van der Waals surface area (Å²) in [6.45, 7) is 11.1. The van der Waals surface area contributed by atoms with Crippen LogP contribution in [0, 0.1) is 28.6 Å². The van der Waals surface area contributed by atoms with Gasteiger partial charge < -0.3 is 5.32 Å². The highest BCUT2D eigenvalue weighted by Crippen LogP contribution is 2.44. The summed E-state index contributed by atoms with van der Waals surface area (Å²) in [4.78, 5) is 13.9. The first-order valence-corrected chi connectivity index (χ1v) is 10.5. The molecule has 1 aromatic heterocycles. The van der Waals surface area contributed by atoms with Crippen LogP contribution in [0.3, 0.4) is 0 Å². The number of nitrogens with zero attached hydrogens (tertiary/aromatic N) is 1. The Morgan fingerprint density at radius 1 is 1.40 bits per heavy atom. The second kappa shape index (κ2) is 8.36. The minimum atomic E-state index is 0.0490. The Morgan fingerprint density at radius 2 is 2.12 bits per heavy atom. The van der Waals surface area contributed by atoms with Crippen LogP contribution in [0.4, 0.5) is 5.00 Å². The molecule has 0 aliphatic heterocycles. The van der Waals surface area contributed by atoms with Crippen LogP contribution in [0.5, 0.6) is 0 Å². The number of hydrogen-bond acceptors (Lipinski definition) is 3. The van der Waals surface area contributed by atoms with Crippen molar-refractivity contribution in [3.05, 3.63) is 16.0 Å². The first kappa shape index (κ1) is 20.0. The van der Waals surface area contributed by atoms with Crippen LogP contribution in [0.15, 0.2) is 0 Å². The maximum Gasteiger partial charge on any atom is 0.228 e. The Kier molecular flexibility index (Phi) is 6.68. The minimum absolute atomic E-state index is 0.0490. The van der Waals surface area contributed by atoms with E-state index in [0.717, 1.165) is 49.9 Å². The first-order valence-electron chi connectivity index (χ1n) is 9.67. The molecule has 0 radical (unpaired) electrons. The van der Waals surface area contributed by atoms with Gasteiger partial charge in [0, 0.05) is 10.8 Å². The summed E-state index contributed by atoms with van der Waals surface area (Å²) in [6, 6.07) is 2.36. The van der Waals surface area contributed by atoms with Crippen molar-refractivity contribution in [1.82, 2.24) is 0 Å². The summed E-state index contributed by atoms with van der Waals surface area (Å²) >= 11 is 1.63. The highest BCUT2D eigenvalue weighted by molar-refractivity contribution is 7.16. The number of nitrogens with one attached hydrogen (secondary N) is 1. The van der Waals surface area contributed by atoms with Gasteiger partial charge >= 0.3 is 0 Å². The van der Waals surface area contributed by atoms with Crippen molar-refractivity contribution >= 4 is 22.2 Å². The predicted molar refractivity (Wildman–Crippen MR) is 106 cm³/mol. The summed E-state index contributed by atoms with van der Waals surface area (Å²) in [5.74, 6) is 0.771. The number of anilines is 1. The number of carbonyl (C=O) groups is 1. The number of rotatable bonds is 6. The van der Waals surface area contributed by atoms with Crippen molar-refractivity contribution in [2.75, 3.05) is 5.32 Å². The molecule has 0 unspecified atom stereocenters. The van der Waals surface area contributed by atoms with E-state index in [0.29, 0.717) is 11.5 Å². The lowest BCUT2D eigenvalue weighted by Crippen LogP contribution is -2.26. The van der Waals surface area contributed by atoms with Gasteiger partial charge in [0.25, 0.3) is 0 Å². The van der Waals surface area contributed by atoms with E-state index < -0.39 is 0 Å². The third kappa shape index (κ3) is 4.64. The zero-order valence-electron chi connectivity index (χ0n) is 16.4. The van der Waals surface area contributed by atoms with E-state index in [1.54, 1.807) is 11.3 Å². The van der Waals surface area contributed by atoms with Gasteiger partial charge in [-0.15, -0.1) is 11.3 Å². The predicted octanol–water partition coefficient (Wildman–Crippen LogP) is 5.93. The lowest BCUT2D eigenvalue weighted by atomic mass is 9.72. The largest absolute Gasteiger partial charge is 0.316 e. The molecule has 0 saturated heterocycles. The summed E-state index contributed by atoms with van der Waals surface area (Å²) in [5, 5.41) is 13.5. The van der Waals surface area contributed by atoms with E-state index in [2.05, 4.69) is 46.0 Å². The van der Waals surface area contributed by atoms with Gasteiger partial charge in [0.1, 0.15) is 11.1 Å². The van der Waals surface area contributed by atoms with Gasteiger partial charge in [-0.3, -0.25) is 4.79 Å². The zero-order chi connectivity index (χ0) is 18.6. The second-order valence-electron chi connectivity index (χ2n) is 8.36. The molecule has 0 saturated carbocycles. The summed E-state index contributed by atoms with van der Waals surface area (Å²) in [7, 11) is 0. The second-order valence-corrected chi connectivity index (χ2v) is 9.47. The van der Waals surface area contributed by atoms with Crippen LogP contribution in [0.2, 0.25) is 0 Å². The fraction of sp³-hybridized carbons (Fsp3) is 0.714. The lowest BCUT2D eigenvalue weighted by Gasteiger charge is -2.33. The first-order chi connectivity index (χ1) is 11.8. The number of nitriles is 1. The van der Waals surface area contributed by atoms with E-state index in [-0.39, 0.29) is 17.2 Å². The summed E-state index contributed by atoms with van der Waals surface area (Å²) in [5.41, 5.74) is 2.18. The molecule has 0 spiro atoms. The van der Waals surface area contributed by atoms with Crippen molar-refractivity contribution in [2.24, 2.45) is 17.3 Å². The maximum absolute atomic E-state index is 12.6. The van der Waals surface area contributed by atoms with Gasteiger partial charge in [-0.25, -0.2) is 0 Å². The normalized spacial score (nSPS) is 18.3. The van der Waals surface area contributed by atoms with Crippen molar-refractivity contribution in [1.29, 1.82) is 5.26 Å². The molecule has 0 fully saturated rings. The number of amides is 1. The quantitative estimate of drug-likeness (QED) is 0.684. The monoisotopic (exact) mass is 360 g/mol. The van der Waals surface area contributed by atoms with E-state index in [1.807, 2.05) is 0 Å². The maximum atomic E-state index is 12.6. The highest BCUT2D eigenvalue weighted by Gasteiger charge is 2.32.